The summed E-state index contributed by atoms with van der Waals surface area (Å²) >= 11 is 15.7. The van der Waals surface area contributed by atoms with Crippen LogP contribution in [0.3, 0.4) is 0 Å². The molecule has 1 unspecified atom stereocenters. The summed E-state index contributed by atoms with van der Waals surface area (Å²) in [6.45, 7) is 0. The van der Waals surface area contributed by atoms with Crippen molar-refractivity contribution in [2.24, 2.45) is 0 Å². The second-order valence-corrected chi connectivity index (χ2v) is 21.3. The lowest BCUT2D eigenvalue weighted by atomic mass is 10.5. The third-order valence-electron chi connectivity index (χ3n) is 4.49. The number of thioether (sulfide) groups is 10. The van der Waals surface area contributed by atoms with Gasteiger partial charge in [0.1, 0.15) is 0 Å². The van der Waals surface area contributed by atoms with Crippen molar-refractivity contribution >= 4 is 144 Å². The van der Waals surface area contributed by atoms with Crippen molar-refractivity contribution in [2.75, 3.05) is 96.8 Å². The van der Waals surface area contributed by atoms with Crippen LogP contribution in [0.2, 0.25) is 0 Å². The minimum atomic E-state index is -0.808. The zero-order chi connectivity index (χ0) is 30.2. The number of rotatable bonds is 31. The van der Waals surface area contributed by atoms with Gasteiger partial charge in [-0.25, -0.2) is 0 Å². The van der Waals surface area contributed by atoms with E-state index in [-0.39, 0.29) is 27.2 Å². The van der Waals surface area contributed by atoms with Gasteiger partial charge in [-0.2, -0.15) is 35.3 Å². The topological polar surface area (TPSA) is 109 Å². The van der Waals surface area contributed by atoms with Gasteiger partial charge in [0.05, 0.1) is 11.9 Å². The zero-order valence-corrected chi connectivity index (χ0v) is 32.3. The van der Waals surface area contributed by atoms with E-state index in [0.29, 0.717) is 30.8 Å². The van der Waals surface area contributed by atoms with E-state index in [9.17, 15) is 18.6 Å². The third kappa shape index (κ3) is 35.3. The number of aliphatic hydroxyl groups excluding tert-OH is 2. The summed E-state index contributed by atoms with van der Waals surface area (Å²) in [5.74, 6) is 11.2. The average molecular weight is 781 g/mol. The van der Waals surface area contributed by atoms with Crippen LogP contribution in [0.4, 0.5) is 0 Å². The van der Waals surface area contributed by atoms with Crippen molar-refractivity contribution in [3.63, 3.8) is 0 Å². The Labute approximate surface area is 292 Å². The van der Waals surface area contributed by atoms with Crippen LogP contribution in [-0.2, 0) is 25.2 Å². The molecule has 0 aliphatic carbocycles. The van der Waals surface area contributed by atoms with E-state index in [4.69, 9.17) is 10.2 Å². The van der Waals surface area contributed by atoms with E-state index in [0.717, 1.165) is 79.9 Å². The maximum atomic E-state index is 12.2. The highest BCUT2D eigenvalue weighted by Crippen LogP contribution is 2.19. The molecule has 0 aromatic rings. The van der Waals surface area contributed by atoms with Crippen LogP contribution in [0.15, 0.2) is 0 Å². The van der Waals surface area contributed by atoms with E-state index in [1.54, 1.807) is 58.8 Å². The first-order valence-corrected chi connectivity index (χ1v) is 25.6. The van der Waals surface area contributed by atoms with Crippen LogP contribution >= 0.6 is 118 Å². The molecule has 0 aliphatic heterocycles. The normalized spacial score (nSPS) is 12.0. The highest BCUT2D eigenvalue weighted by Gasteiger charge is 2.07. The molecule has 6 nitrogen and oxygen atoms in total. The molecule has 0 aromatic heterocycles. The summed E-state index contributed by atoms with van der Waals surface area (Å²) in [5.41, 5.74) is 0. The quantitative estimate of drug-likeness (QED) is 0.0632. The molecule has 1 atom stereocenters. The van der Waals surface area contributed by atoms with Crippen LogP contribution in [0.1, 0.15) is 25.7 Å². The SMILES string of the molecule is O=C(CCSCCC(=O)SCSCCSCO)SCCSCCS(=O)CCCSCCC(=O)SCSCCSCO. The largest absolute Gasteiger partial charge is 0.386 e. The molecule has 0 saturated heterocycles. The Balaban J connectivity index is 3.42. The summed E-state index contributed by atoms with van der Waals surface area (Å²) in [6, 6.07) is 0. The third-order valence-corrected chi connectivity index (χ3v) is 16.6. The predicted molar refractivity (Wildman–Crippen MR) is 205 cm³/mol. The lowest BCUT2D eigenvalue weighted by molar-refractivity contribution is -0.111. The van der Waals surface area contributed by atoms with Gasteiger partial charge in [-0.15, -0.1) is 47.0 Å². The smallest absolute Gasteiger partial charge is 0.190 e. The number of carbonyl (C=O) groups excluding carboxylic acids is 3. The van der Waals surface area contributed by atoms with E-state index in [1.165, 1.54) is 58.8 Å². The fourth-order valence-corrected chi connectivity index (χ4v) is 13.5. The number of carbonyl (C=O) groups is 3. The van der Waals surface area contributed by atoms with Crippen LogP contribution in [0.5, 0.6) is 0 Å². The summed E-state index contributed by atoms with van der Waals surface area (Å²) in [5, 5.41) is 19.6. The van der Waals surface area contributed by atoms with Gasteiger partial charge in [-0.3, -0.25) is 18.6 Å². The van der Waals surface area contributed by atoms with Gasteiger partial charge < -0.3 is 10.2 Å². The lowest BCUT2D eigenvalue weighted by Gasteiger charge is -2.04. The number of hydrogen-bond acceptors (Lipinski definition) is 16. The van der Waals surface area contributed by atoms with Crippen molar-refractivity contribution in [1.82, 2.24) is 0 Å². The molecule has 0 bridgehead atoms. The highest BCUT2D eigenvalue weighted by molar-refractivity contribution is 8.24. The van der Waals surface area contributed by atoms with Gasteiger partial charge in [-0.05, 0) is 12.2 Å². The molecular weight excluding hydrogens is 737 g/mol. The van der Waals surface area contributed by atoms with Crippen LogP contribution in [0.25, 0.3) is 0 Å². The Morgan fingerprint density at radius 1 is 0.463 bits per heavy atom. The predicted octanol–water partition coefficient (Wildman–Crippen LogP) is 6.02. The zero-order valence-electron chi connectivity index (χ0n) is 23.4. The van der Waals surface area contributed by atoms with Crippen LogP contribution < -0.4 is 0 Å². The first-order chi connectivity index (χ1) is 20.0. The number of hydrogen-bond donors (Lipinski definition) is 2. The molecule has 0 radical (unpaired) electrons. The average Bonchev–Trinajstić information content (AvgIpc) is 2.96. The first kappa shape index (κ1) is 43.6. The van der Waals surface area contributed by atoms with Crippen molar-refractivity contribution in [3.8, 4) is 0 Å². The Morgan fingerprint density at radius 3 is 1.44 bits per heavy atom. The van der Waals surface area contributed by atoms with Crippen molar-refractivity contribution < 1.29 is 28.8 Å². The molecular formula is C24H44O6S11. The molecule has 0 spiro atoms. The Bertz CT molecular complexity index is 676. The minimum absolute atomic E-state index is 0.148. The number of aliphatic hydroxyl groups is 2. The molecule has 0 aromatic carbocycles. The molecule has 0 rings (SSSR count). The fourth-order valence-electron chi connectivity index (χ4n) is 2.48. The Morgan fingerprint density at radius 2 is 0.902 bits per heavy atom. The monoisotopic (exact) mass is 780 g/mol. The molecule has 17 heteroatoms. The maximum Gasteiger partial charge on any atom is 0.190 e. The second-order valence-electron chi connectivity index (χ2n) is 7.67. The molecule has 0 amide bonds. The lowest BCUT2D eigenvalue weighted by Crippen LogP contribution is -2.07. The fraction of sp³-hybridized carbons (Fsp3) is 0.875. The molecule has 0 saturated carbocycles. The Hall–Kier alpha value is 2.58. The van der Waals surface area contributed by atoms with Gasteiger partial charge in [0.2, 0.25) is 0 Å². The molecule has 0 aliphatic rings. The first-order valence-electron chi connectivity index (χ1n) is 13.1. The van der Waals surface area contributed by atoms with Crippen LogP contribution in [0, 0.1) is 0 Å². The van der Waals surface area contributed by atoms with Gasteiger partial charge >= 0.3 is 0 Å². The molecule has 41 heavy (non-hydrogen) atoms. The van der Waals surface area contributed by atoms with Crippen molar-refractivity contribution in [2.45, 2.75) is 25.7 Å². The molecule has 2 N–H and O–H groups in total. The van der Waals surface area contributed by atoms with Crippen molar-refractivity contribution in [1.29, 1.82) is 0 Å². The van der Waals surface area contributed by atoms with E-state index >= 15 is 0 Å². The van der Waals surface area contributed by atoms with E-state index in [2.05, 4.69) is 0 Å². The van der Waals surface area contributed by atoms with Gasteiger partial charge in [0.15, 0.2) is 15.3 Å². The molecule has 242 valence electrons. The second kappa shape index (κ2) is 35.4. The summed E-state index contributed by atoms with van der Waals surface area (Å²) < 4.78 is 12.2. The summed E-state index contributed by atoms with van der Waals surface area (Å²) in [6.07, 6.45) is 2.54. The molecule has 0 fully saturated rings. The molecule has 0 heterocycles. The highest BCUT2D eigenvalue weighted by atomic mass is 32.2. The van der Waals surface area contributed by atoms with E-state index < -0.39 is 10.8 Å². The van der Waals surface area contributed by atoms with Crippen molar-refractivity contribution in [3.05, 3.63) is 0 Å². The van der Waals surface area contributed by atoms with Gasteiger partial charge in [0.25, 0.3) is 0 Å². The van der Waals surface area contributed by atoms with Crippen LogP contribution in [-0.4, -0.2) is 127 Å². The Kier molecular flexibility index (Phi) is 37.7. The summed E-state index contributed by atoms with van der Waals surface area (Å²) in [4.78, 5) is 35.7. The maximum absolute atomic E-state index is 12.2. The summed E-state index contributed by atoms with van der Waals surface area (Å²) in [7, 11) is -0.808. The minimum Gasteiger partial charge on any atom is -0.386 e. The van der Waals surface area contributed by atoms with Gasteiger partial charge in [0, 0.05) is 109 Å². The van der Waals surface area contributed by atoms with E-state index in [1.807, 2.05) is 0 Å². The standard InChI is InChI=1S/C24H44O6S11/c25-18-34-9-11-36-20-39-23(28)3-6-31-5-1-16-41(30)17-15-33-13-14-38-22(27)2-7-32-8-4-24(29)40-21-37-12-10-35-19-26/h25-26H,1-21H2. The van der Waals surface area contributed by atoms with Gasteiger partial charge in [-0.1, -0.05) is 35.3 Å².